The van der Waals surface area contributed by atoms with Gasteiger partial charge in [0, 0.05) is 28.3 Å². The van der Waals surface area contributed by atoms with Crippen molar-refractivity contribution in [2.75, 3.05) is 11.2 Å². The largest absolute Gasteiger partial charge is 0.384 e. The van der Waals surface area contributed by atoms with Crippen molar-refractivity contribution in [2.24, 2.45) is 5.73 Å². The first kappa shape index (κ1) is 22.5. The summed E-state index contributed by atoms with van der Waals surface area (Å²) in [6.07, 6.45) is 3.16. The molecular weight excluding hydrogens is 458 g/mol. The molecule has 1 aromatic heterocycles. The Balaban J connectivity index is 1.74. The molecule has 0 fully saturated rings. The highest BCUT2D eigenvalue weighted by atomic mass is 32.2. The van der Waals surface area contributed by atoms with Crippen molar-refractivity contribution >= 4 is 34.6 Å². The lowest BCUT2D eigenvalue weighted by Gasteiger charge is -2.41. The summed E-state index contributed by atoms with van der Waals surface area (Å²) in [6.45, 7) is 2.07. The van der Waals surface area contributed by atoms with Crippen molar-refractivity contribution in [3.05, 3.63) is 105 Å². The van der Waals surface area contributed by atoms with Gasteiger partial charge in [0.2, 0.25) is 0 Å². The zero-order valence-electron chi connectivity index (χ0n) is 19.1. The number of hydrogen-bond acceptors (Lipinski definition) is 6. The number of thioether (sulfide) groups is 1. The number of aryl methyl sites for hydroxylation is 1. The maximum absolute atomic E-state index is 13.9. The number of hydrogen-bond donors (Lipinski definition) is 1. The third-order valence-electron chi connectivity index (χ3n) is 6.60. The van der Waals surface area contributed by atoms with E-state index in [1.54, 1.807) is 23.1 Å². The predicted octanol–water partition coefficient (Wildman–Crippen LogP) is 6.48. The summed E-state index contributed by atoms with van der Waals surface area (Å²) in [5.41, 5.74) is 11.9. The molecule has 2 N–H and O–H groups in total. The summed E-state index contributed by atoms with van der Waals surface area (Å²) in [5.74, 6) is 0.142. The van der Waals surface area contributed by atoms with Crippen LogP contribution in [-0.4, -0.2) is 12.0 Å². The first-order valence-corrected chi connectivity index (χ1v) is 13.3. The number of benzene rings is 2. The molecule has 2 aromatic carbocycles. The summed E-state index contributed by atoms with van der Waals surface area (Å²) in [5, 5.41) is 10.3. The van der Waals surface area contributed by atoms with Crippen LogP contribution >= 0.6 is 23.1 Å². The number of nitrogens with zero attached hydrogens (tertiary/aromatic N) is 2. The van der Waals surface area contributed by atoms with E-state index in [0.717, 1.165) is 37.2 Å². The van der Waals surface area contributed by atoms with Gasteiger partial charge >= 0.3 is 0 Å². The van der Waals surface area contributed by atoms with Crippen molar-refractivity contribution in [2.45, 2.75) is 35.8 Å². The van der Waals surface area contributed by atoms with Crippen LogP contribution in [-0.2, 0) is 4.79 Å². The Morgan fingerprint density at radius 3 is 2.41 bits per heavy atom. The van der Waals surface area contributed by atoms with Gasteiger partial charge in [-0.2, -0.15) is 5.26 Å². The molecule has 0 saturated carbocycles. The summed E-state index contributed by atoms with van der Waals surface area (Å²) in [4.78, 5) is 17.0. The molecule has 0 bridgehead atoms. The van der Waals surface area contributed by atoms with Crippen LogP contribution in [0.1, 0.15) is 40.7 Å². The maximum atomic E-state index is 13.9. The fraction of sp³-hybridized carbons (Fsp3) is 0.214. The van der Waals surface area contributed by atoms with E-state index in [2.05, 4.69) is 31.2 Å². The van der Waals surface area contributed by atoms with Crippen molar-refractivity contribution in [3.8, 4) is 6.07 Å². The lowest BCUT2D eigenvalue weighted by atomic mass is 9.72. The molecule has 3 aromatic rings. The number of ketones is 1. The van der Waals surface area contributed by atoms with Crippen molar-refractivity contribution < 1.29 is 4.79 Å². The minimum absolute atomic E-state index is 0.0694. The molecule has 34 heavy (non-hydrogen) atoms. The normalized spacial score (nSPS) is 20.4. The number of carbonyl (C=O) groups is 1. The van der Waals surface area contributed by atoms with Crippen molar-refractivity contribution in [1.29, 1.82) is 5.26 Å². The van der Waals surface area contributed by atoms with Gasteiger partial charge in [-0.25, -0.2) is 0 Å². The van der Waals surface area contributed by atoms with Crippen LogP contribution in [0.15, 0.2) is 93.6 Å². The molecule has 2 aliphatic rings. The molecule has 0 amide bonds. The molecule has 0 saturated heterocycles. The molecule has 6 heteroatoms. The minimum atomic E-state index is -0.434. The van der Waals surface area contributed by atoms with Crippen LogP contribution in [0.25, 0.3) is 0 Å². The lowest BCUT2D eigenvalue weighted by Crippen LogP contribution is -2.40. The Bertz CT molecular complexity index is 1350. The molecule has 2 heterocycles. The fourth-order valence-electron chi connectivity index (χ4n) is 5.15. The highest BCUT2D eigenvalue weighted by Crippen LogP contribution is 2.51. The molecule has 1 aliphatic heterocycles. The molecule has 5 rings (SSSR count). The van der Waals surface area contributed by atoms with Gasteiger partial charge in [0.25, 0.3) is 0 Å². The van der Waals surface area contributed by atoms with E-state index >= 15 is 0 Å². The fourth-order valence-corrected chi connectivity index (χ4v) is 7.06. The second-order valence-corrected chi connectivity index (χ2v) is 10.9. The average molecular weight is 484 g/mol. The van der Waals surface area contributed by atoms with Gasteiger partial charge in [-0.05, 0) is 54.8 Å². The summed E-state index contributed by atoms with van der Waals surface area (Å²) >= 11 is 3.36. The number of rotatable bonds is 4. The molecule has 2 atom stereocenters. The minimum Gasteiger partial charge on any atom is -0.384 e. The van der Waals surface area contributed by atoms with Crippen LogP contribution in [0, 0.1) is 18.3 Å². The summed E-state index contributed by atoms with van der Waals surface area (Å²) < 4.78 is 1.13. The average Bonchev–Trinajstić information content (AvgIpc) is 3.24. The SMILES string of the molecule is CSc1sc(C)cc1[C@@H]1C(C#N)=C(N)N(c2ccccc2)C2=C1C(=O)C[C@@H](c1ccccc1)C2. The van der Waals surface area contributed by atoms with Crippen molar-refractivity contribution in [3.63, 3.8) is 0 Å². The van der Waals surface area contributed by atoms with Gasteiger partial charge in [0.1, 0.15) is 5.82 Å². The Morgan fingerprint density at radius 1 is 1.09 bits per heavy atom. The predicted molar refractivity (Wildman–Crippen MR) is 140 cm³/mol. The van der Waals surface area contributed by atoms with Gasteiger partial charge in [-0.3, -0.25) is 9.69 Å². The number of nitrogens with two attached hydrogens (primary N) is 1. The summed E-state index contributed by atoms with van der Waals surface area (Å²) in [6, 6.07) is 24.5. The van der Waals surface area contributed by atoms with Gasteiger partial charge in [-0.15, -0.1) is 23.1 Å². The Labute approximate surface area is 208 Å². The number of thiophene rings is 1. The van der Waals surface area contributed by atoms with Gasteiger partial charge in [0.05, 0.1) is 21.8 Å². The quantitative estimate of drug-likeness (QED) is 0.430. The second kappa shape index (κ2) is 9.17. The van der Waals surface area contributed by atoms with Crippen LogP contribution < -0.4 is 10.6 Å². The maximum Gasteiger partial charge on any atom is 0.162 e. The van der Waals surface area contributed by atoms with Gasteiger partial charge < -0.3 is 5.73 Å². The first-order valence-electron chi connectivity index (χ1n) is 11.2. The topological polar surface area (TPSA) is 70.1 Å². The molecule has 1 aliphatic carbocycles. The van der Waals surface area contributed by atoms with Crippen LogP contribution in [0.3, 0.4) is 0 Å². The Morgan fingerprint density at radius 2 is 1.76 bits per heavy atom. The molecule has 0 unspecified atom stereocenters. The zero-order chi connectivity index (χ0) is 23.8. The van der Waals surface area contributed by atoms with Crippen LogP contribution in [0.5, 0.6) is 0 Å². The third kappa shape index (κ3) is 3.75. The monoisotopic (exact) mass is 483 g/mol. The van der Waals surface area contributed by atoms with Crippen LogP contribution in [0.4, 0.5) is 5.69 Å². The lowest BCUT2D eigenvalue weighted by molar-refractivity contribution is -0.116. The second-order valence-electron chi connectivity index (χ2n) is 8.62. The van der Waals surface area contributed by atoms with E-state index in [4.69, 9.17) is 5.73 Å². The van der Waals surface area contributed by atoms with Crippen LogP contribution in [0.2, 0.25) is 0 Å². The molecule has 0 radical (unpaired) electrons. The standard InChI is InChI=1S/C28H25N3OS2/c1-17-13-21(28(33-2)34-17)25-22(16-29)27(30)31(20-11-7-4-8-12-20)23-14-19(15-24(32)26(23)25)18-9-5-3-6-10-18/h3-13,19,25H,14-15,30H2,1-2H3/t19-,25+/m0/s1. The number of Topliss-reactive ketones (excluding diaryl/α,β-unsaturated/α-hetero) is 1. The summed E-state index contributed by atoms with van der Waals surface area (Å²) in [7, 11) is 0. The first-order chi connectivity index (χ1) is 16.5. The Kier molecular flexibility index (Phi) is 6.07. The smallest absolute Gasteiger partial charge is 0.162 e. The number of para-hydroxylation sites is 1. The van der Waals surface area contributed by atoms with E-state index in [0.29, 0.717) is 24.2 Å². The third-order valence-corrected chi connectivity index (χ3v) is 8.81. The van der Waals surface area contributed by atoms with Gasteiger partial charge in [0.15, 0.2) is 5.78 Å². The molecule has 4 nitrogen and oxygen atoms in total. The molecular formula is C28H25N3OS2. The highest BCUT2D eigenvalue weighted by molar-refractivity contribution is 8.00. The van der Waals surface area contributed by atoms with Crippen molar-refractivity contribution in [1.82, 2.24) is 0 Å². The Hall–Kier alpha value is -3.27. The van der Waals surface area contributed by atoms with E-state index < -0.39 is 5.92 Å². The number of carbonyl (C=O) groups excluding carboxylic acids is 1. The van der Waals surface area contributed by atoms with E-state index in [1.165, 1.54) is 0 Å². The van der Waals surface area contributed by atoms with E-state index in [1.807, 2.05) is 59.7 Å². The highest BCUT2D eigenvalue weighted by Gasteiger charge is 2.43. The number of nitriles is 1. The molecule has 0 spiro atoms. The van der Waals surface area contributed by atoms with E-state index in [9.17, 15) is 10.1 Å². The zero-order valence-corrected chi connectivity index (χ0v) is 20.7. The molecule has 170 valence electrons. The van der Waals surface area contributed by atoms with Gasteiger partial charge in [-0.1, -0.05) is 48.5 Å². The van der Waals surface area contributed by atoms with E-state index in [-0.39, 0.29) is 11.7 Å². The number of anilines is 1. The number of allylic oxidation sites excluding steroid dienone is 3.